The highest BCUT2D eigenvalue weighted by Crippen LogP contribution is 2.21. The van der Waals surface area contributed by atoms with Gasteiger partial charge in [-0.15, -0.1) is 0 Å². The molecule has 0 heterocycles. The summed E-state index contributed by atoms with van der Waals surface area (Å²) in [6.45, 7) is 0. The van der Waals surface area contributed by atoms with Gasteiger partial charge in [-0.05, 0) is 51.8 Å². The number of hydrogen-bond acceptors (Lipinski definition) is 2. The van der Waals surface area contributed by atoms with Crippen LogP contribution in [0.3, 0.4) is 0 Å². The van der Waals surface area contributed by atoms with Gasteiger partial charge in [-0.3, -0.25) is 4.21 Å². The molecule has 0 bridgehead atoms. The quantitative estimate of drug-likeness (QED) is 0.910. The number of halogens is 2. The van der Waals surface area contributed by atoms with Gasteiger partial charge in [0.2, 0.25) is 0 Å². The molecule has 0 aliphatic heterocycles. The van der Waals surface area contributed by atoms with Crippen LogP contribution in [0.15, 0.2) is 51.8 Å². The summed E-state index contributed by atoms with van der Waals surface area (Å²) in [4.78, 5) is 11.4. The SMILES string of the molecule is O=C(O)c1cc(S(=O)Cc2ccc(F)cc2)ccc1Br. The molecule has 2 aromatic carbocycles. The minimum atomic E-state index is -1.38. The van der Waals surface area contributed by atoms with Crippen molar-refractivity contribution in [1.82, 2.24) is 0 Å². The summed E-state index contributed by atoms with van der Waals surface area (Å²) in [6.07, 6.45) is 0. The van der Waals surface area contributed by atoms with E-state index in [2.05, 4.69) is 15.9 Å². The third kappa shape index (κ3) is 3.52. The van der Waals surface area contributed by atoms with Gasteiger partial charge in [0.05, 0.1) is 22.1 Å². The Hall–Kier alpha value is -1.53. The zero-order valence-corrected chi connectivity index (χ0v) is 12.6. The average Bonchev–Trinajstić information content (AvgIpc) is 2.41. The molecule has 0 saturated carbocycles. The molecule has 0 radical (unpaired) electrons. The summed E-state index contributed by atoms with van der Waals surface area (Å²) in [5.41, 5.74) is 0.791. The predicted molar refractivity (Wildman–Crippen MR) is 77.6 cm³/mol. The van der Waals surface area contributed by atoms with E-state index in [4.69, 9.17) is 5.11 Å². The van der Waals surface area contributed by atoms with E-state index in [0.717, 1.165) is 5.56 Å². The van der Waals surface area contributed by atoms with Crippen molar-refractivity contribution in [3.63, 3.8) is 0 Å². The van der Waals surface area contributed by atoms with Gasteiger partial charge in [-0.25, -0.2) is 9.18 Å². The number of aromatic carboxylic acids is 1. The molecule has 2 aromatic rings. The third-order valence-corrected chi connectivity index (χ3v) is 4.71. The average molecular weight is 357 g/mol. The first-order chi connectivity index (χ1) is 9.47. The van der Waals surface area contributed by atoms with Crippen LogP contribution in [0.4, 0.5) is 4.39 Å². The van der Waals surface area contributed by atoms with Crippen LogP contribution in [-0.2, 0) is 16.6 Å². The predicted octanol–water partition coefficient (Wildman–Crippen LogP) is 3.59. The molecule has 20 heavy (non-hydrogen) atoms. The van der Waals surface area contributed by atoms with Crippen molar-refractivity contribution in [2.24, 2.45) is 0 Å². The van der Waals surface area contributed by atoms with Crippen LogP contribution >= 0.6 is 15.9 Å². The molecule has 1 atom stereocenters. The van der Waals surface area contributed by atoms with Gasteiger partial charge in [0.15, 0.2) is 0 Å². The second kappa shape index (κ2) is 6.28. The van der Waals surface area contributed by atoms with Crippen molar-refractivity contribution in [2.45, 2.75) is 10.6 Å². The number of rotatable bonds is 4. The zero-order chi connectivity index (χ0) is 14.7. The summed E-state index contributed by atoms with van der Waals surface area (Å²) in [5, 5.41) is 9.02. The van der Waals surface area contributed by atoms with Crippen molar-refractivity contribution in [2.75, 3.05) is 0 Å². The monoisotopic (exact) mass is 356 g/mol. The first-order valence-corrected chi connectivity index (χ1v) is 7.74. The first kappa shape index (κ1) is 14.9. The van der Waals surface area contributed by atoms with Gasteiger partial charge >= 0.3 is 5.97 Å². The van der Waals surface area contributed by atoms with Crippen molar-refractivity contribution >= 4 is 32.7 Å². The van der Waals surface area contributed by atoms with Gasteiger partial charge in [-0.2, -0.15) is 0 Å². The zero-order valence-electron chi connectivity index (χ0n) is 10.2. The highest BCUT2D eigenvalue weighted by atomic mass is 79.9. The summed E-state index contributed by atoms with van der Waals surface area (Å²) in [6, 6.07) is 10.3. The molecule has 1 N–H and O–H groups in total. The van der Waals surface area contributed by atoms with Crippen LogP contribution in [0.5, 0.6) is 0 Å². The minimum Gasteiger partial charge on any atom is -0.478 e. The molecule has 0 fully saturated rings. The van der Waals surface area contributed by atoms with Gasteiger partial charge < -0.3 is 5.11 Å². The molecule has 1 unspecified atom stereocenters. The van der Waals surface area contributed by atoms with Crippen molar-refractivity contribution in [3.8, 4) is 0 Å². The fourth-order valence-corrected chi connectivity index (χ4v) is 3.17. The standard InChI is InChI=1S/C14H10BrFO3S/c15-13-6-5-11(7-12(13)14(17)18)20(19)8-9-1-3-10(16)4-2-9/h1-7H,8H2,(H,17,18). The lowest BCUT2D eigenvalue weighted by atomic mass is 10.2. The summed E-state index contributed by atoms with van der Waals surface area (Å²) >= 11 is 3.13. The molecule has 0 aliphatic rings. The molecule has 0 saturated heterocycles. The Morgan fingerprint density at radius 2 is 1.85 bits per heavy atom. The van der Waals surface area contributed by atoms with Crippen LogP contribution in [0.1, 0.15) is 15.9 Å². The number of carboxylic acid groups (broad SMARTS) is 1. The third-order valence-electron chi connectivity index (χ3n) is 2.64. The first-order valence-electron chi connectivity index (χ1n) is 5.63. The highest BCUT2D eigenvalue weighted by Gasteiger charge is 2.12. The normalized spacial score (nSPS) is 12.1. The fraction of sp³-hybridized carbons (Fsp3) is 0.0714. The lowest BCUT2D eigenvalue weighted by Gasteiger charge is -2.05. The van der Waals surface area contributed by atoms with E-state index >= 15 is 0 Å². The van der Waals surface area contributed by atoms with Crippen LogP contribution in [-0.4, -0.2) is 15.3 Å². The molecule has 2 rings (SSSR count). The Kier molecular flexibility index (Phi) is 4.67. The van der Waals surface area contributed by atoms with Crippen molar-refractivity contribution in [3.05, 3.63) is 63.9 Å². The van der Waals surface area contributed by atoms with E-state index in [1.165, 1.54) is 18.2 Å². The van der Waals surface area contributed by atoms with Crippen LogP contribution in [0, 0.1) is 5.82 Å². The maximum absolute atomic E-state index is 12.8. The summed E-state index contributed by atoms with van der Waals surface area (Å²) in [5.74, 6) is -1.23. The number of hydrogen-bond donors (Lipinski definition) is 1. The van der Waals surface area contributed by atoms with Crippen LogP contribution in [0.2, 0.25) is 0 Å². The number of benzene rings is 2. The molecule has 0 amide bonds. The summed E-state index contributed by atoms with van der Waals surface area (Å²) < 4.78 is 25.4. The van der Waals surface area contributed by atoms with E-state index < -0.39 is 16.8 Å². The molecular weight excluding hydrogens is 347 g/mol. The van der Waals surface area contributed by atoms with Crippen molar-refractivity contribution < 1.29 is 18.5 Å². The smallest absolute Gasteiger partial charge is 0.336 e. The van der Waals surface area contributed by atoms with Gasteiger partial charge in [-0.1, -0.05) is 12.1 Å². The maximum atomic E-state index is 12.8. The fourth-order valence-electron chi connectivity index (χ4n) is 1.63. The largest absolute Gasteiger partial charge is 0.478 e. The molecule has 104 valence electrons. The maximum Gasteiger partial charge on any atom is 0.336 e. The second-order valence-corrected chi connectivity index (χ2v) is 6.37. The molecular formula is C14H10BrFO3S. The van der Waals surface area contributed by atoms with E-state index in [9.17, 15) is 13.4 Å². The molecule has 3 nitrogen and oxygen atoms in total. The Labute approximate surface area is 126 Å². The lowest BCUT2D eigenvalue weighted by molar-refractivity contribution is 0.0695. The Balaban J connectivity index is 2.23. The van der Waals surface area contributed by atoms with Gasteiger partial charge in [0.25, 0.3) is 0 Å². The second-order valence-electron chi connectivity index (χ2n) is 4.06. The van der Waals surface area contributed by atoms with E-state index in [1.54, 1.807) is 24.3 Å². The topological polar surface area (TPSA) is 54.4 Å². The van der Waals surface area contributed by atoms with Gasteiger partial charge in [0.1, 0.15) is 5.82 Å². The van der Waals surface area contributed by atoms with E-state index in [1.807, 2.05) is 0 Å². The highest BCUT2D eigenvalue weighted by molar-refractivity contribution is 9.10. The summed E-state index contributed by atoms with van der Waals surface area (Å²) in [7, 11) is -1.38. The minimum absolute atomic E-state index is 0.0648. The lowest BCUT2D eigenvalue weighted by Crippen LogP contribution is -2.02. The van der Waals surface area contributed by atoms with Crippen LogP contribution in [0.25, 0.3) is 0 Å². The van der Waals surface area contributed by atoms with Crippen molar-refractivity contribution in [1.29, 1.82) is 0 Å². The van der Waals surface area contributed by atoms with E-state index in [0.29, 0.717) is 9.37 Å². The van der Waals surface area contributed by atoms with E-state index in [-0.39, 0.29) is 17.1 Å². The molecule has 6 heteroatoms. The number of carbonyl (C=O) groups is 1. The van der Waals surface area contributed by atoms with Gasteiger partial charge in [0, 0.05) is 9.37 Å². The number of carboxylic acids is 1. The Bertz CT molecular complexity index is 671. The Morgan fingerprint density at radius 1 is 1.20 bits per heavy atom. The molecule has 0 aliphatic carbocycles. The van der Waals surface area contributed by atoms with Crippen LogP contribution < -0.4 is 0 Å². The molecule has 0 spiro atoms. The molecule has 0 aromatic heterocycles. The Morgan fingerprint density at radius 3 is 2.45 bits per heavy atom.